The van der Waals surface area contributed by atoms with Crippen LogP contribution in [0.15, 0.2) is 0 Å². The minimum Gasteiger partial charge on any atom is -0.462 e. The number of carbonyl (C=O) groups excluding carboxylic acids is 2. The van der Waals surface area contributed by atoms with Gasteiger partial charge in [-0.15, -0.1) is 11.3 Å². The standard InChI is InChI=1S/C17H24N2O3S3/c1-4-19(5-2)17(23)24-10-13(20)18-15-14(16(21)22-6-3)11-8-7-9-12(11)25-15/h4-10H2,1-3H3,(H,18,20). The Hall–Kier alpha value is -1.12. The number of fused-ring (bicyclic) bond motifs is 1. The summed E-state index contributed by atoms with van der Waals surface area (Å²) >= 11 is 8.19. The zero-order chi connectivity index (χ0) is 18.4. The Labute approximate surface area is 162 Å². The first-order chi connectivity index (χ1) is 12.0. The molecule has 0 fully saturated rings. The fraction of sp³-hybridized carbons (Fsp3) is 0.588. The summed E-state index contributed by atoms with van der Waals surface area (Å²) in [6, 6.07) is 0. The molecule has 0 unspecified atom stereocenters. The third-order valence-corrected chi connectivity index (χ3v) is 6.73. The minimum atomic E-state index is -0.344. The maximum absolute atomic E-state index is 12.3. The normalized spacial score (nSPS) is 12.6. The summed E-state index contributed by atoms with van der Waals surface area (Å²) in [6.45, 7) is 7.84. The van der Waals surface area contributed by atoms with E-state index >= 15 is 0 Å². The van der Waals surface area contributed by atoms with Crippen LogP contribution in [-0.2, 0) is 22.4 Å². The van der Waals surface area contributed by atoms with Crippen molar-refractivity contribution in [1.29, 1.82) is 0 Å². The molecule has 1 aromatic rings. The summed E-state index contributed by atoms with van der Waals surface area (Å²) in [4.78, 5) is 27.8. The molecule has 1 aliphatic rings. The van der Waals surface area contributed by atoms with E-state index in [1.54, 1.807) is 6.92 Å². The van der Waals surface area contributed by atoms with Crippen LogP contribution in [-0.4, -0.2) is 46.5 Å². The van der Waals surface area contributed by atoms with Crippen LogP contribution < -0.4 is 5.32 Å². The van der Waals surface area contributed by atoms with Crippen LogP contribution in [0.5, 0.6) is 0 Å². The van der Waals surface area contributed by atoms with Gasteiger partial charge < -0.3 is 15.0 Å². The Bertz CT molecular complexity index is 654. The largest absolute Gasteiger partial charge is 0.462 e. The summed E-state index contributed by atoms with van der Waals surface area (Å²) in [7, 11) is 0. The van der Waals surface area contributed by atoms with Gasteiger partial charge in [0.25, 0.3) is 0 Å². The topological polar surface area (TPSA) is 58.6 Å². The first kappa shape index (κ1) is 20.2. The summed E-state index contributed by atoms with van der Waals surface area (Å²) in [5.41, 5.74) is 1.59. The van der Waals surface area contributed by atoms with E-state index in [1.165, 1.54) is 28.0 Å². The van der Waals surface area contributed by atoms with Crippen LogP contribution in [0, 0.1) is 0 Å². The Morgan fingerprint density at radius 1 is 1.28 bits per heavy atom. The van der Waals surface area contributed by atoms with E-state index in [1.807, 2.05) is 18.7 Å². The van der Waals surface area contributed by atoms with Gasteiger partial charge in [0.1, 0.15) is 9.32 Å². The number of anilines is 1. The maximum atomic E-state index is 12.3. The molecule has 0 bridgehead atoms. The molecule has 138 valence electrons. The molecule has 8 heteroatoms. The quantitative estimate of drug-likeness (QED) is 0.556. The van der Waals surface area contributed by atoms with Gasteiger partial charge in [0.2, 0.25) is 5.91 Å². The van der Waals surface area contributed by atoms with Crippen molar-refractivity contribution in [3.8, 4) is 0 Å². The lowest BCUT2D eigenvalue weighted by atomic mass is 10.1. The van der Waals surface area contributed by atoms with Crippen molar-refractivity contribution in [2.45, 2.75) is 40.0 Å². The molecule has 1 amide bonds. The number of carbonyl (C=O) groups is 2. The average Bonchev–Trinajstić information content (AvgIpc) is 3.14. The van der Waals surface area contributed by atoms with Gasteiger partial charge >= 0.3 is 5.97 Å². The van der Waals surface area contributed by atoms with Gasteiger partial charge in [-0.1, -0.05) is 24.0 Å². The zero-order valence-electron chi connectivity index (χ0n) is 14.8. The molecule has 0 aromatic carbocycles. The first-order valence-corrected chi connectivity index (χ1v) is 10.8. The number of hydrogen-bond donors (Lipinski definition) is 1. The Morgan fingerprint density at radius 3 is 2.64 bits per heavy atom. The summed E-state index contributed by atoms with van der Waals surface area (Å²) in [6.07, 6.45) is 2.88. The number of aryl methyl sites for hydroxylation is 1. The van der Waals surface area contributed by atoms with Crippen molar-refractivity contribution in [2.75, 3.05) is 30.8 Å². The number of amides is 1. The molecule has 0 aliphatic heterocycles. The molecular formula is C17H24N2O3S3. The number of nitrogens with one attached hydrogen (secondary N) is 1. The summed E-state index contributed by atoms with van der Waals surface area (Å²) in [5, 5.41) is 3.50. The summed E-state index contributed by atoms with van der Waals surface area (Å²) < 4.78 is 5.90. The van der Waals surface area contributed by atoms with Crippen molar-refractivity contribution in [3.63, 3.8) is 0 Å². The Kier molecular flexibility index (Phi) is 7.71. The van der Waals surface area contributed by atoms with Crippen molar-refractivity contribution < 1.29 is 14.3 Å². The van der Waals surface area contributed by atoms with Crippen molar-refractivity contribution in [2.24, 2.45) is 0 Å². The van der Waals surface area contributed by atoms with E-state index < -0.39 is 0 Å². The number of rotatable bonds is 7. The third-order valence-electron chi connectivity index (χ3n) is 4.00. The second kappa shape index (κ2) is 9.54. The monoisotopic (exact) mass is 400 g/mol. The maximum Gasteiger partial charge on any atom is 0.341 e. The lowest BCUT2D eigenvalue weighted by Gasteiger charge is -2.20. The van der Waals surface area contributed by atoms with Gasteiger partial charge in [-0.3, -0.25) is 4.79 Å². The fourth-order valence-corrected chi connectivity index (χ4v) is 5.27. The van der Waals surface area contributed by atoms with E-state index in [0.717, 1.165) is 42.2 Å². The number of thioether (sulfide) groups is 1. The molecule has 2 rings (SSSR count). The van der Waals surface area contributed by atoms with Gasteiger partial charge in [0.05, 0.1) is 17.9 Å². The highest BCUT2D eigenvalue weighted by Crippen LogP contribution is 2.39. The summed E-state index contributed by atoms with van der Waals surface area (Å²) in [5.74, 6) is -0.256. The van der Waals surface area contributed by atoms with Crippen LogP contribution in [0.3, 0.4) is 0 Å². The van der Waals surface area contributed by atoms with E-state index in [-0.39, 0.29) is 17.6 Å². The first-order valence-electron chi connectivity index (χ1n) is 8.54. The van der Waals surface area contributed by atoms with E-state index in [0.29, 0.717) is 17.2 Å². The predicted octanol–water partition coefficient (Wildman–Crippen LogP) is 3.71. The van der Waals surface area contributed by atoms with Crippen LogP contribution in [0.2, 0.25) is 0 Å². The van der Waals surface area contributed by atoms with Gasteiger partial charge in [0, 0.05) is 18.0 Å². The van der Waals surface area contributed by atoms with Crippen LogP contribution in [0.25, 0.3) is 0 Å². The smallest absolute Gasteiger partial charge is 0.341 e. The van der Waals surface area contributed by atoms with Crippen LogP contribution >= 0.6 is 35.3 Å². The van der Waals surface area contributed by atoms with Crippen molar-refractivity contribution in [3.05, 3.63) is 16.0 Å². The van der Waals surface area contributed by atoms with Gasteiger partial charge in [-0.25, -0.2) is 4.79 Å². The van der Waals surface area contributed by atoms with Crippen molar-refractivity contribution >= 4 is 56.5 Å². The lowest BCUT2D eigenvalue weighted by molar-refractivity contribution is -0.113. The molecule has 0 saturated carbocycles. The Morgan fingerprint density at radius 2 is 2.00 bits per heavy atom. The highest BCUT2D eigenvalue weighted by Gasteiger charge is 2.28. The van der Waals surface area contributed by atoms with E-state index in [4.69, 9.17) is 17.0 Å². The number of thiocarbonyl (C=S) groups is 1. The molecular weight excluding hydrogens is 376 g/mol. The molecule has 1 aliphatic carbocycles. The Balaban J connectivity index is 2.03. The number of nitrogens with zero attached hydrogens (tertiary/aromatic N) is 1. The zero-order valence-corrected chi connectivity index (χ0v) is 17.3. The molecule has 0 atom stereocenters. The number of hydrogen-bond acceptors (Lipinski definition) is 6. The molecule has 1 heterocycles. The predicted molar refractivity (Wildman–Crippen MR) is 109 cm³/mol. The number of esters is 1. The van der Waals surface area contributed by atoms with Crippen LogP contribution in [0.1, 0.15) is 48.0 Å². The van der Waals surface area contributed by atoms with Crippen molar-refractivity contribution in [1.82, 2.24) is 4.90 Å². The van der Waals surface area contributed by atoms with Gasteiger partial charge in [0.15, 0.2) is 0 Å². The molecule has 1 N–H and O–H groups in total. The SMILES string of the molecule is CCOC(=O)c1c(NC(=O)CSC(=S)N(CC)CC)sc2c1CCC2. The molecule has 0 saturated heterocycles. The molecule has 0 radical (unpaired) electrons. The van der Waals surface area contributed by atoms with Crippen LogP contribution in [0.4, 0.5) is 5.00 Å². The van der Waals surface area contributed by atoms with E-state index in [9.17, 15) is 9.59 Å². The minimum absolute atomic E-state index is 0.148. The second-order valence-corrected chi connectivity index (χ2v) is 8.27. The van der Waals surface area contributed by atoms with Gasteiger partial charge in [-0.05, 0) is 45.6 Å². The fourth-order valence-electron chi connectivity index (χ4n) is 2.77. The molecule has 1 aromatic heterocycles. The third kappa shape index (κ3) is 4.95. The number of thiophene rings is 1. The highest BCUT2D eigenvalue weighted by molar-refractivity contribution is 8.23. The van der Waals surface area contributed by atoms with Gasteiger partial charge in [-0.2, -0.15) is 0 Å². The lowest BCUT2D eigenvalue weighted by Crippen LogP contribution is -2.28. The second-order valence-electron chi connectivity index (χ2n) is 5.56. The molecule has 0 spiro atoms. The average molecular weight is 401 g/mol. The highest BCUT2D eigenvalue weighted by atomic mass is 32.2. The molecule has 25 heavy (non-hydrogen) atoms. The molecule has 5 nitrogen and oxygen atoms in total. The number of ether oxygens (including phenoxy) is 1. The van der Waals surface area contributed by atoms with E-state index in [2.05, 4.69) is 5.32 Å².